The number of rotatable bonds is 5. The van der Waals surface area contributed by atoms with Crippen LogP contribution < -0.4 is 5.73 Å². The van der Waals surface area contributed by atoms with Crippen molar-refractivity contribution in [2.24, 2.45) is 16.8 Å². The van der Waals surface area contributed by atoms with Crippen LogP contribution in [0.3, 0.4) is 0 Å². The van der Waals surface area contributed by atoms with Crippen LogP contribution in [0.1, 0.15) is 32.1 Å². The summed E-state index contributed by atoms with van der Waals surface area (Å²) in [6.45, 7) is 6.13. The summed E-state index contributed by atoms with van der Waals surface area (Å²) in [6.07, 6.45) is 7.16. The molecule has 2 aliphatic rings. The number of nitrogens with two attached hydrogens (primary N) is 1. The molecular weight excluding hydrogens is 228 g/mol. The van der Waals surface area contributed by atoms with Gasteiger partial charge in [-0.25, -0.2) is 0 Å². The minimum Gasteiger partial charge on any atom is -0.409 e. The number of hydrogen-bond acceptors (Lipinski definition) is 4. The van der Waals surface area contributed by atoms with E-state index in [0.717, 1.165) is 32.1 Å². The van der Waals surface area contributed by atoms with Crippen molar-refractivity contribution >= 4 is 5.84 Å². The molecule has 0 unspecified atom stereocenters. The van der Waals surface area contributed by atoms with E-state index in [0.29, 0.717) is 12.4 Å². The Bertz CT molecular complexity index is 268. The molecular formula is C13H26N4O. The predicted octanol–water partition coefficient (Wildman–Crippen LogP) is 0.931. The van der Waals surface area contributed by atoms with Crippen molar-refractivity contribution in [3.05, 3.63) is 0 Å². The highest BCUT2D eigenvalue weighted by atomic mass is 16.4. The largest absolute Gasteiger partial charge is 0.409 e. The molecule has 0 aromatic heterocycles. The molecule has 1 heterocycles. The lowest BCUT2D eigenvalue weighted by molar-refractivity contribution is 0.138. The van der Waals surface area contributed by atoms with E-state index >= 15 is 0 Å². The average Bonchev–Trinajstić information content (AvgIpc) is 2.91. The summed E-state index contributed by atoms with van der Waals surface area (Å²) in [6, 6.07) is 0. The highest BCUT2D eigenvalue weighted by Crippen LogP contribution is 2.27. The standard InChI is InChI=1S/C13H26N4O/c14-13(15-18)11-17-9-7-16(8-10-17)6-5-12-3-1-2-4-12/h12,18H,1-11H2,(H2,14,15). The first-order valence-corrected chi connectivity index (χ1v) is 7.19. The van der Waals surface area contributed by atoms with E-state index in [1.54, 1.807) is 0 Å². The van der Waals surface area contributed by atoms with Crippen LogP contribution >= 0.6 is 0 Å². The van der Waals surface area contributed by atoms with Crippen molar-refractivity contribution in [2.45, 2.75) is 32.1 Å². The van der Waals surface area contributed by atoms with Gasteiger partial charge in [-0.15, -0.1) is 0 Å². The second kappa shape index (κ2) is 6.95. The molecule has 18 heavy (non-hydrogen) atoms. The highest BCUT2D eigenvalue weighted by Gasteiger charge is 2.20. The Kier molecular flexibility index (Phi) is 5.26. The van der Waals surface area contributed by atoms with Gasteiger partial charge in [0.1, 0.15) is 0 Å². The Morgan fingerprint density at radius 3 is 2.33 bits per heavy atom. The minimum atomic E-state index is 0.314. The van der Waals surface area contributed by atoms with Crippen molar-refractivity contribution < 1.29 is 5.21 Å². The minimum absolute atomic E-state index is 0.314. The molecule has 0 bridgehead atoms. The maximum absolute atomic E-state index is 8.55. The average molecular weight is 254 g/mol. The quantitative estimate of drug-likeness (QED) is 0.331. The maximum Gasteiger partial charge on any atom is 0.153 e. The summed E-state index contributed by atoms with van der Waals surface area (Å²) in [7, 11) is 0. The topological polar surface area (TPSA) is 65.1 Å². The lowest BCUT2D eigenvalue weighted by atomic mass is 10.0. The lowest BCUT2D eigenvalue weighted by Gasteiger charge is -2.34. The van der Waals surface area contributed by atoms with Crippen molar-refractivity contribution in [3.8, 4) is 0 Å². The molecule has 5 nitrogen and oxygen atoms in total. The normalized spacial score (nSPS) is 24.8. The third kappa shape index (κ3) is 4.14. The smallest absolute Gasteiger partial charge is 0.153 e. The van der Waals surface area contributed by atoms with Gasteiger partial charge < -0.3 is 15.8 Å². The molecule has 2 fully saturated rings. The number of oxime groups is 1. The molecule has 2 rings (SSSR count). The van der Waals surface area contributed by atoms with Crippen LogP contribution in [0.25, 0.3) is 0 Å². The van der Waals surface area contributed by atoms with E-state index in [2.05, 4.69) is 15.0 Å². The van der Waals surface area contributed by atoms with Gasteiger partial charge in [0, 0.05) is 26.2 Å². The van der Waals surface area contributed by atoms with Crippen molar-refractivity contribution in [1.82, 2.24) is 9.80 Å². The number of nitrogens with zero attached hydrogens (tertiary/aromatic N) is 3. The molecule has 0 aromatic rings. The summed E-state index contributed by atoms with van der Waals surface area (Å²) in [5.41, 5.74) is 5.52. The van der Waals surface area contributed by atoms with Crippen LogP contribution in [-0.2, 0) is 0 Å². The summed E-state index contributed by atoms with van der Waals surface area (Å²) < 4.78 is 0. The molecule has 1 aliphatic heterocycles. The van der Waals surface area contributed by atoms with Gasteiger partial charge in [-0.05, 0) is 18.9 Å². The SMILES string of the molecule is NC(CN1CCN(CCC2CCCC2)CC1)=NO. The van der Waals surface area contributed by atoms with Crippen LogP contribution in [0.5, 0.6) is 0 Å². The monoisotopic (exact) mass is 254 g/mol. The van der Waals surface area contributed by atoms with Gasteiger partial charge in [0.05, 0.1) is 6.54 Å². The predicted molar refractivity (Wildman–Crippen MR) is 72.9 cm³/mol. The molecule has 1 aliphatic carbocycles. The zero-order valence-corrected chi connectivity index (χ0v) is 11.2. The fourth-order valence-electron chi connectivity index (χ4n) is 3.10. The van der Waals surface area contributed by atoms with Crippen LogP contribution in [-0.4, -0.2) is 60.1 Å². The van der Waals surface area contributed by atoms with Gasteiger partial charge in [-0.2, -0.15) is 0 Å². The molecule has 0 amide bonds. The van der Waals surface area contributed by atoms with E-state index in [-0.39, 0.29) is 0 Å². The van der Waals surface area contributed by atoms with Crippen LogP contribution in [0, 0.1) is 5.92 Å². The molecule has 0 aromatic carbocycles. The van der Waals surface area contributed by atoms with Gasteiger partial charge in [-0.3, -0.25) is 4.90 Å². The molecule has 1 saturated heterocycles. The number of hydrogen-bond donors (Lipinski definition) is 2. The Hall–Kier alpha value is -0.810. The van der Waals surface area contributed by atoms with E-state index in [9.17, 15) is 0 Å². The third-order valence-corrected chi connectivity index (χ3v) is 4.31. The molecule has 5 heteroatoms. The van der Waals surface area contributed by atoms with Gasteiger partial charge in [-0.1, -0.05) is 30.8 Å². The van der Waals surface area contributed by atoms with Crippen LogP contribution in [0.2, 0.25) is 0 Å². The van der Waals surface area contributed by atoms with Crippen molar-refractivity contribution in [3.63, 3.8) is 0 Å². The van der Waals surface area contributed by atoms with E-state index in [4.69, 9.17) is 10.9 Å². The molecule has 3 N–H and O–H groups in total. The summed E-state index contributed by atoms with van der Waals surface area (Å²) in [5.74, 6) is 1.30. The first-order valence-electron chi connectivity index (χ1n) is 7.19. The van der Waals surface area contributed by atoms with Gasteiger partial charge in [0.15, 0.2) is 5.84 Å². The van der Waals surface area contributed by atoms with Crippen molar-refractivity contribution in [1.29, 1.82) is 0 Å². The van der Waals surface area contributed by atoms with Gasteiger partial charge in [0.2, 0.25) is 0 Å². The molecule has 0 radical (unpaired) electrons. The Morgan fingerprint density at radius 1 is 1.11 bits per heavy atom. The van der Waals surface area contributed by atoms with Gasteiger partial charge >= 0.3 is 0 Å². The fourth-order valence-corrected chi connectivity index (χ4v) is 3.10. The van der Waals surface area contributed by atoms with Crippen molar-refractivity contribution in [2.75, 3.05) is 39.3 Å². The van der Waals surface area contributed by atoms with E-state index in [1.807, 2.05) is 0 Å². The maximum atomic E-state index is 8.55. The first kappa shape index (κ1) is 13.6. The van der Waals surface area contributed by atoms with E-state index < -0.39 is 0 Å². The van der Waals surface area contributed by atoms with E-state index in [1.165, 1.54) is 38.6 Å². The molecule has 1 saturated carbocycles. The highest BCUT2D eigenvalue weighted by molar-refractivity contribution is 5.81. The zero-order valence-electron chi connectivity index (χ0n) is 11.2. The fraction of sp³-hybridized carbons (Fsp3) is 0.923. The Morgan fingerprint density at radius 2 is 1.72 bits per heavy atom. The van der Waals surface area contributed by atoms with Gasteiger partial charge in [0.25, 0.3) is 0 Å². The Balaban J connectivity index is 1.60. The summed E-state index contributed by atoms with van der Waals surface area (Å²) in [5, 5.41) is 11.6. The Labute approximate surface area is 110 Å². The van der Waals surface area contributed by atoms with Crippen LogP contribution in [0.15, 0.2) is 5.16 Å². The molecule has 104 valence electrons. The zero-order chi connectivity index (χ0) is 12.8. The summed E-state index contributed by atoms with van der Waals surface area (Å²) in [4.78, 5) is 4.81. The summed E-state index contributed by atoms with van der Waals surface area (Å²) >= 11 is 0. The second-order valence-electron chi connectivity index (χ2n) is 5.65. The van der Waals surface area contributed by atoms with Crippen LogP contribution in [0.4, 0.5) is 0 Å². The second-order valence-corrected chi connectivity index (χ2v) is 5.65. The first-order chi connectivity index (χ1) is 8.78. The third-order valence-electron chi connectivity index (χ3n) is 4.31. The molecule has 0 atom stereocenters. The number of piperazine rings is 1. The molecule has 0 spiro atoms. The number of amidine groups is 1. The lowest BCUT2D eigenvalue weighted by Crippen LogP contribution is -2.49.